The average Bonchev–Trinajstić information content (AvgIpc) is 2.67. The molecule has 5 heteroatoms. The van der Waals surface area contributed by atoms with E-state index in [4.69, 9.17) is 0 Å². The Morgan fingerprint density at radius 1 is 1.47 bits per heavy atom. The molecule has 0 radical (unpaired) electrons. The van der Waals surface area contributed by atoms with Crippen molar-refractivity contribution in [1.82, 2.24) is 9.47 Å². The van der Waals surface area contributed by atoms with Crippen LogP contribution in [0.25, 0.3) is 0 Å². The summed E-state index contributed by atoms with van der Waals surface area (Å²) in [6.45, 7) is 1.38. The van der Waals surface area contributed by atoms with E-state index in [1.165, 1.54) is 7.11 Å². The van der Waals surface area contributed by atoms with Gasteiger partial charge >= 0.3 is 5.97 Å². The Morgan fingerprint density at radius 2 is 2.20 bits per heavy atom. The van der Waals surface area contributed by atoms with Crippen LogP contribution in [0, 0.1) is 0 Å². The fraction of sp³-hybridized carbons (Fsp3) is 0.400. The van der Waals surface area contributed by atoms with Crippen molar-refractivity contribution in [2.45, 2.75) is 6.54 Å². The Hall–Kier alpha value is -1.78. The number of hydrogen-bond acceptors (Lipinski definition) is 3. The molecule has 1 aromatic heterocycles. The van der Waals surface area contributed by atoms with Crippen molar-refractivity contribution in [3.8, 4) is 0 Å². The number of ether oxygens (including phenoxy) is 1. The molecule has 80 valence electrons. The molecule has 0 aliphatic carbocycles. The SMILES string of the molecule is COC(=O)c1cc2n(c1)CCN(C)C2=O. The molecule has 2 heterocycles. The van der Waals surface area contributed by atoms with Gasteiger partial charge in [-0.2, -0.15) is 0 Å². The molecule has 0 saturated carbocycles. The summed E-state index contributed by atoms with van der Waals surface area (Å²) >= 11 is 0. The van der Waals surface area contributed by atoms with Gasteiger partial charge in [0.2, 0.25) is 0 Å². The number of esters is 1. The number of aromatic nitrogens is 1. The number of methoxy groups -OCH3 is 1. The normalized spacial score (nSPS) is 15.1. The Balaban J connectivity index is 2.39. The van der Waals surface area contributed by atoms with Crippen molar-refractivity contribution in [2.75, 3.05) is 20.7 Å². The predicted octanol–water partition coefficient (Wildman–Crippen LogP) is 0.360. The molecule has 0 spiro atoms. The van der Waals surface area contributed by atoms with E-state index >= 15 is 0 Å². The van der Waals surface area contributed by atoms with E-state index in [-0.39, 0.29) is 5.91 Å². The van der Waals surface area contributed by atoms with Gasteiger partial charge in [0, 0.05) is 26.3 Å². The summed E-state index contributed by atoms with van der Waals surface area (Å²) in [6, 6.07) is 1.57. The molecule has 0 bridgehead atoms. The minimum Gasteiger partial charge on any atom is -0.465 e. The predicted molar refractivity (Wildman–Crippen MR) is 52.7 cm³/mol. The Morgan fingerprint density at radius 3 is 2.87 bits per heavy atom. The average molecular weight is 208 g/mol. The standard InChI is InChI=1S/C10H12N2O3/c1-11-3-4-12-6-7(10(14)15-2)5-8(12)9(11)13/h5-6H,3-4H2,1-2H3. The van der Waals surface area contributed by atoms with Gasteiger partial charge in [-0.15, -0.1) is 0 Å². The molecule has 0 aromatic carbocycles. The lowest BCUT2D eigenvalue weighted by atomic mass is 10.3. The molecular formula is C10H12N2O3. The quantitative estimate of drug-likeness (QED) is 0.626. The molecule has 1 aliphatic heterocycles. The zero-order valence-electron chi connectivity index (χ0n) is 8.69. The lowest BCUT2D eigenvalue weighted by Crippen LogP contribution is -2.36. The summed E-state index contributed by atoms with van der Waals surface area (Å²) in [5.74, 6) is -0.469. The Labute approximate surface area is 87.2 Å². The highest BCUT2D eigenvalue weighted by Crippen LogP contribution is 2.15. The maximum Gasteiger partial charge on any atom is 0.339 e. The van der Waals surface area contributed by atoms with Crippen LogP contribution in [0.1, 0.15) is 20.8 Å². The number of hydrogen-bond donors (Lipinski definition) is 0. The van der Waals surface area contributed by atoms with Gasteiger partial charge in [-0.3, -0.25) is 4.79 Å². The van der Waals surface area contributed by atoms with Crippen LogP contribution in [0.3, 0.4) is 0 Å². The third kappa shape index (κ3) is 1.49. The first kappa shape index (κ1) is 9.76. The van der Waals surface area contributed by atoms with Gasteiger partial charge in [-0.25, -0.2) is 4.79 Å². The van der Waals surface area contributed by atoms with E-state index in [0.29, 0.717) is 24.3 Å². The Kier molecular flexibility index (Phi) is 2.22. The van der Waals surface area contributed by atoms with Crippen LogP contribution in [0.5, 0.6) is 0 Å². The summed E-state index contributed by atoms with van der Waals surface area (Å²) in [4.78, 5) is 24.6. The molecule has 2 rings (SSSR count). The van der Waals surface area contributed by atoms with Crippen LogP contribution < -0.4 is 0 Å². The summed E-state index contributed by atoms with van der Waals surface area (Å²) < 4.78 is 6.39. The fourth-order valence-corrected chi connectivity index (χ4v) is 1.66. The third-order valence-electron chi connectivity index (χ3n) is 2.56. The van der Waals surface area contributed by atoms with Gasteiger partial charge in [0.15, 0.2) is 0 Å². The van der Waals surface area contributed by atoms with Crippen LogP contribution in [-0.4, -0.2) is 42.0 Å². The number of amides is 1. The van der Waals surface area contributed by atoms with Gasteiger partial charge in [0.05, 0.1) is 12.7 Å². The van der Waals surface area contributed by atoms with E-state index in [1.54, 1.807) is 28.8 Å². The maximum absolute atomic E-state index is 11.7. The highest BCUT2D eigenvalue weighted by molar-refractivity contribution is 5.97. The molecule has 0 N–H and O–H groups in total. The van der Waals surface area contributed by atoms with Crippen LogP contribution in [-0.2, 0) is 11.3 Å². The lowest BCUT2D eigenvalue weighted by Gasteiger charge is -2.24. The third-order valence-corrected chi connectivity index (χ3v) is 2.56. The smallest absolute Gasteiger partial charge is 0.339 e. The van der Waals surface area contributed by atoms with Crippen LogP contribution in [0.2, 0.25) is 0 Å². The van der Waals surface area contributed by atoms with E-state index in [0.717, 1.165) is 0 Å². The van der Waals surface area contributed by atoms with Crippen LogP contribution >= 0.6 is 0 Å². The van der Waals surface area contributed by atoms with Crippen LogP contribution in [0.15, 0.2) is 12.3 Å². The number of likely N-dealkylation sites (N-methyl/N-ethyl adjacent to an activating group) is 1. The number of nitrogens with zero attached hydrogens (tertiary/aromatic N) is 2. The second kappa shape index (κ2) is 3.42. The molecule has 0 atom stereocenters. The summed E-state index contributed by atoms with van der Waals surface area (Å²) in [5.41, 5.74) is 0.973. The van der Waals surface area contributed by atoms with E-state index in [1.807, 2.05) is 0 Å². The largest absolute Gasteiger partial charge is 0.465 e. The van der Waals surface area contributed by atoms with Crippen molar-refractivity contribution < 1.29 is 14.3 Å². The number of fused-ring (bicyclic) bond motifs is 1. The highest BCUT2D eigenvalue weighted by atomic mass is 16.5. The van der Waals surface area contributed by atoms with Crippen molar-refractivity contribution in [3.63, 3.8) is 0 Å². The van der Waals surface area contributed by atoms with Gasteiger partial charge in [-0.05, 0) is 6.07 Å². The number of carbonyl (C=O) groups is 2. The molecule has 1 aliphatic rings. The molecule has 0 fully saturated rings. The molecule has 5 nitrogen and oxygen atoms in total. The summed E-state index contributed by atoms with van der Waals surface area (Å²) in [5, 5.41) is 0. The molecule has 15 heavy (non-hydrogen) atoms. The summed E-state index contributed by atoms with van der Waals surface area (Å²) in [6.07, 6.45) is 1.66. The van der Waals surface area contributed by atoms with E-state index in [2.05, 4.69) is 4.74 Å². The first-order valence-electron chi connectivity index (χ1n) is 4.67. The van der Waals surface area contributed by atoms with E-state index < -0.39 is 5.97 Å². The van der Waals surface area contributed by atoms with Crippen molar-refractivity contribution in [2.24, 2.45) is 0 Å². The van der Waals surface area contributed by atoms with Crippen LogP contribution in [0.4, 0.5) is 0 Å². The Bertz CT molecular complexity index is 422. The van der Waals surface area contributed by atoms with Gasteiger partial charge in [0.1, 0.15) is 5.69 Å². The first-order chi connectivity index (χ1) is 7.13. The number of rotatable bonds is 1. The second-order valence-corrected chi connectivity index (χ2v) is 3.53. The molecule has 1 amide bonds. The molecule has 1 aromatic rings. The fourth-order valence-electron chi connectivity index (χ4n) is 1.66. The minimum absolute atomic E-state index is 0.0589. The highest BCUT2D eigenvalue weighted by Gasteiger charge is 2.24. The summed E-state index contributed by atoms with van der Waals surface area (Å²) in [7, 11) is 3.07. The van der Waals surface area contributed by atoms with Gasteiger partial charge in [-0.1, -0.05) is 0 Å². The maximum atomic E-state index is 11.7. The topological polar surface area (TPSA) is 51.5 Å². The minimum atomic E-state index is -0.410. The van der Waals surface area contributed by atoms with Gasteiger partial charge in [0.25, 0.3) is 5.91 Å². The second-order valence-electron chi connectivity index (χ2n) is 3.53. The monoisotopic (exact) mass is 208 g/mol. The van der Waals surface area contributed by atoms with Gasteiger partial charge < -0.3 is 14.2 Å². The zero-order valence-corrected chi connectivity index (χ0v) is 8.69. The van der Waals surface area contributed by atoms with E-state index in [9.17, 15) is 9.59 Å². The number of carbonyl (C=O) groups excluding carboxylic acids is 2. The zero-order chi connectivity index (χ0) is 11.0. The lowest BCUT2D eigenvalue weighted by molar-refractivity contribution is 0.0600. The van der Waals surface area contributed by atoms with Crippen molar-refractivity contribution >= 4 is 11.9 Å². The molecular weight excluding hydrogens is 196 g/mol. The molecule has 0 unspecified atom stereocenters. The molecule has 0 saturated heterocycles. The first-order valence-corrected chi connectivity index (χ1v) is 4.67. The van der Waals surface area contributed by atoms with Crippen molar-refractivity contribution in [3.05, 3.63) is 23.5 Å². The van der Waals surface area contributed by atoms with Crippen molar-refractivity contribution in [1.29, 1.82) is 0 Å².